The maximum absolute atomic E-state index is 11.4. The smallest absolute Gasteiger partial charge is 0.255 e. The monoisotopic (exact) mass is 191 g/mol. The van der Waals surface area contributed by atoms with E-state index >= 15 is 0 Å². The largest absolute Gasteiger partial charge is 0.339 e. The number of fused-ring (bicyclic) bond motifs is 1. The Balaban J connectivity index is 1.96. The molecule has 3 fully saturated rings. The number of hydrogen-bond acceptors (Lipinski definition) is 3. The van der Waals surface area contributed by atoms with Crippen molar-refractivity contribution in [3.8, 4) is 0 Å². The Bertz CT molecular complexity index is 420. The third-order valence-corrected chi connectivity index (χ3v) is 3.34. The Morgan fingerprint density at radius 3 is 2.93 bits per heavy atom. The fraction of sp³-hybridized carbons (Fsp3) is 0.600. The zero-order chi connectivity index (χ0) is 9.71. The van der Waals surface area contributed by atoms with Gasteiger partial charge in [-0.15, -0.1) is 0 Å². The lowest BCUT2D eigenvalue weighted by molar-refractivity contribution is 0.380. The molecular formula is C10H13N3O. The van der Waals surface area contributed by atoms with E-state index in [1.807, 2.05) is 0 Å². The molecule has 0 atom stereocenters. The summed E-state index contributed by atoms with van der Waals surface area (Å²) in [4.78, 5) is 20.7. The third-order valence-electron chi connectivity index (χ3n) is 3.34. The highest BCUT2D eigenvalue weighted by molar-refractivity contribution is 5.37. The van der Waals surface area contributed by atoms with Crippen LogP contribution in [0.25, 0.3) is 0 Å². The normalized spacial score (nSPS) is 29.1. The zero-order valence-corrected chi connectivity index (χ0v) is 8.16. The van der Waals surface area contributed by atoms with Gasteiger partial charge in [0.05, 0.1) is 0 Å². The van der Waals surface area contributed by atoms with Crippen molar-refractivity contribution in [2.75, 3.05) is 11.4 Å². The van der Waals surface area contributed by atoms with Crippen molar-refractivity contribution in [3.05, 3.63) is 22.1 Å². The molecule has 1 saturated carbocycles. The van der Waals surface area contributed by atoms with Crippen LogP contribution < -0.4 is 10.5 Å². The van der Waals surface area contributed by atoms with E-state index in [9.17, 15) is 4.79 Å². The van der Waals surface area contributed by atoms with Gasteiger partial charge in [0, 0.05) is 24.3 Å². The molecule has 0 spiro atoms. The number of aryl methyl sites for hydroxylation is 1. The molecule has 0 radical (unpaired) electrons. The van der Waals surface area contributed by atoms with Crippen LogP contribution in [0.5, 0.6) is 0 Å². The van der Waals surface area contributed by atoms with Crippen LogP contribution in [0.1, 0.15) is 18.4 Å². The Morgan fingerprint density at radius 2 is 2.36 bits per heavy atom. The number of H-pyrrole nitrogens is 1. The van der Waals surface area contributed by atoms with Crippen LogP contribution in [0.15, 0.2) is 11.0 Å². The lowest BCUT2D eigenvalue weighted by Crippen LogP contribution is -2.31. The Labute approximate surface area is 82.0 Å². The number of aromatic amines is 1. The van der Waals surface area contributed by atoms with Crippen molar-refractivity contribution in [1.82, 2.24) is 9.97 Å². The number of nitrogens with one attached hydrogen (secondary N) is 1. The molecule has 1 aromatic heterocycles. The van der Waals surface area contributed by atoms with Crippen molar-refractivity contribution in [2.45, 2.75) is 25.8 Å². The second kappa shape index (κ2) is 2.59. The summed E-state index contributed by atoms with van der Waals surface area (Å²) in [6, 6.07) is 0.630. The van der Waals surface area contributed by atoms with Gasteiger partial charge in [-0.25, -0.2) is 4.98 Å². The fourth-order valence-electron chi connectivity index (χ4n) is 2.39. The first-order valence-electron chi connectivity index (χ1n) is 5.06. The lowest BCUT2D eigenvalue weighted by Gasteiger charge is -2.25. The summed E-state index contributed by atoms with van der Waals surface area (Å²) in [6.45, 7) is 2.84. The fourth-order valence-corrected chi connectivity index (χ4v) is 2.39. The molecular weight excluding hydrogens is 178 g/mol. The Kier molecular flexibility index (Phi) is 1.48. The third kappa shape index (κ3) is 0.997. The topological polar surface area (TPSA) is 49.0 Å². The van der Waals surface area contributed by atoms with E-state index in [1.54, 1.807) is 13.1 Å². The first kappa shape index (κ1) is 8.03. The average molecular weight is 191 g/mol. The predicted molar refractivity (Wildman–Crippen MR) is 53.5 cm³/mol. The molecule has 1 N–H and O–H groups in total. The van der Waals surface area contributed by atoms with Gasteiger partial charge in [0.2, 0.25) is 5.95 Å². The van der Waals surface area contributed by atoms with Crippen molar-refractivity contribution in [3.63, 3.8) is 0 Å². The molecule has 3 heterocycles. The number of nitrogens with zero attached hydrogens (tertiary/aromatic N) is 2. The molecule has 4 rings (SSSR count). The highest BCUT2D eigenvalue weighted by Crippen LogP contribution is 2.41. The summed E-state index contributed by atoms with van der Waals surface area (Å²) in [5.41, 5.74) is 0.666. The van der Waals surface area contributed by atoms with Gasteiger partial charge in [-0.3, -0.25) is 9.78 Å². The van der Waals surface area contributed by atoms with Crippen LogP contribution in [-0.4, -0.2) is 22.6 Å². The molecule has 0 aromatic carbocycles. The van der Waals surface area contributed by atoms with E-state index in [2.05, 4.69) is 14.9 Å². The summed E-state index contributed by atoms with van der Waals surface area (Å²) in [5.74, 6) is 1.59. The first-order chi connectivity index (χ1) is 6.74. The van der Waals surface area contributed by atoms with Gasteiger partial charge in [0.1, 0.15) is 0 Å². The van der Waals surface area contributed by atoms with Gasteiger partial charge in [0.15, 0.2) is 0 Å². The summed E-state index contributed by atoms with van der Waals surface area (Å²) >= 11 is 0. The summed E-state index contributed by atoms with van der Waals surface area (Å²) in [6.07, 6.45) is 4.21. The summed E-state index contributed by atoms with van der Waals surface area (Å²) in [7, 11) is 0. The minimum atomic E-state index is -0.0147. The SMILES string of the molecule is Cc1cnc(N2CC3CC2C3)[nH]c1=O. The molecule has 0 unspecified atom stereocenters. The number of rotatable bonds is 1. The average Bonchev–Trinajstić information content (AvgIpc) is 2.66. The van der Waals surface area contributed by atoms with Crippen LogP contribution in [0.2, 0.25) is 0 Å². The van der Waals surface area contributed by atoms with Crippen molar-refractivity contribution >= 4 is 5.95 Å². The number of anilines is 1. The van der Waals surface area contributed by atoms with E-state index in [1.165, 1.54) is 12.8 Å². The molecule has 14 heavy (non-hydrogen) atoms. The van der Waals surface area contributed by atoms with Gasteiger partial charge >= 0.3 is 0 Å². The van der Waals surface area contributed by atoms with Crippen LogP contribution in [-0.2, 0) is 0 Å². The van der Waals surface area contributed by atoms with E-state index in [0.717, 1.165) is 18.4 Å². The maximum atomic E-state index is 11.4. The van der Waals surface area contributed by atoms with E-state index in [0.29, 0.717) is 11.6 Å². The predicted octanol–water partition coefficient (Wildman–Crippen LogP) is 0.677. The zero-order valence-electron chi connectivity index (χ0n) is 8.16. The van der Waals surface area contributed by atoms with Crippen LogP contribution in [0.3, 0.4) is 0 Å². The number of aromatic nitrogens is 2. The van der Waals surface area contributed by atoms with Crippen molar-refractivity contribution in [2.24, 2.45) is 5.92 Å². The summed E-state index contributed by atoms with van der Waals surface area (Å²) in [5, 5.41) is 0. The van der Waals surface area contributed by atoms with E-state index in [-0.39, 0.29) is 5.56 Å². The van der Waals surface area contributed by atoms with Gasteiger partial charge in [0.25, 0.3) is 5.56 Å². The lowest BCUT2D eigenvalue weighted by atomic mass is 9.86. The second-order valence-corrected chi connectivity index (χ2v) is 4.36. The number of hydrogen-bond donors (Lipinski definition) is 1. The standard InChI is InChI=1S/C10H13N3O/c1-6-4-11-10(12-9(6)14)13-5-7-2-8(13)3-7/h4,7-8H,2-3,5H2,1H3,(H,11,12,14). The molecule has 4 heteroatoms. The Morgan fingerprint density at radius 1 is 1.57 bits per heavy atom. The van der Waals surface area contributed by atoms with Gasteiger partial charge in [-0.05, 0) is 25.7 Å². The van der Waals surface area contributed by atoms with Crippen LogP contribution in [0.4, 0.5) is 5.95 Å². The second-order valence-electron chi connectivity index (χ2n) is 4.36. The van der Waals surface area contributed by atoms with Crippen molar-refractivity contribution in [1.29, 1.82) is 0 Å². The minimum Gasteiger partial charge on any atom is -0.339 e. The summed E-state index contributed by atoms with van der Waals surface area (Å²) < 4.78 is 0. The molecule has 4 nitrogen and oxygen atoms in total. The molecule has 2 aliphatic heterocycles. The molecule has 0 amide bonds. The van der Waals surface area contributed by atoms with Gasteiger partial charge < -0.3 is 4.90 Å². The minimum absolute atomic E-state index is 0.0147. The highest BCUT2D eigenvalue weighted by Gasteiger charge is 2.43. The van der Waals surface area contributed by atoms with Crippen LogP contribution in [0, 0.1) is 12.8 Å². The first-order valence-corrected chi connectivity index (χ1v) is 5.06. The maximum Gasteiger partial charge on any atom is 0.255 e. The quantitative estimate of drug-likeness (QED) is 0.710. The molecule has 1 aromatic rings. The van der Waals surface area contributed by atoms with E-state index in [4.69, 9.17) is 0 Å². The molecule has 2 saturated heterocycles. The Hall–Kier alpha value is -1.32. The van der Waals surface area contributed by atoms with E-state index < -0.39 is 0 Å². The van der Waals surface area contributed by atoms with Gasteiger partial charge in [-0.2, -0.15) is 0 Å². The molecule has 3 aliphatic rings. The highest BCUT2D eigenvalue weighted by atomic mass is 16.1. The van der Waals surface area contributed by atoms with Gasteiger partial charge in [-0.1, -0.05) is 0 Å². The molecule has 74 valence electrons. The van der Waals surface area contributed by atoms with Crippen LogP contribution >= 0.6 is 0 Å². The molecule has 1 aliphatic carbocycles. The molecule has 2 bridgehead atoms. The van der Waals surface area contributed by atoms with Crippen molar-refractivity contribution < 1.29 is 0 Å².